The van der Waals surface area contributed by atoms with Crippen LogP contribution in [-0.2, 0) is 23.5 Å². The molecular formula is C13H19Cl2NO3RuS. The number of hydrogen-bond acceptors (Lipinski definition) is 3. The molecule has 0 radical (unpaired) electrons. The number of rotatable bonds is 6. The summed E-state index contributed by atoms with van der Waals surface area (Å²) in [6.45, 7) is 3.96. The molecule has 0 aliphatic rings. The van der Waals surface area contributed by atoms with Gasteiger partial charge in [-0.1, -0.05) is 0 Å². The first-order valence-corrected chi connectivity index (χ1v) is 13.2. The first-order chi connectivity index (χ1) is 9.68. The van der Waals surface area contributed by atoms with E-state index < -0.39 is 23.5 Å². The Morgan fingerprint density at radius 3 is 2.48 bits per heavy atom. The second kappa shape index (κ2) is 8.02. The van der Waals surface area contributed by atoms with E-state index in [1.54, 1.807) is 16.7 Å². The van der Waals surface area contributed by atoms with Gasteiger partial charge in [0.15, 0.2) is 0 Å². The number of benzene rings is 1. The van der Waals surface area contributed by atoms with Gasteiger partial charge < -0.3 is 0 Å². The van der Waals surface area contributed by atoms with Gasteiger partial charge in [-0.2, -0.15) is 0 Å². The average Bonchev–Trinajstić information content (AvgIpc) is 2.39. The molecule has 8 heteroatoms. The molecule has 1 unspecified atom stereocenters. The minimum atomic E-state index is -3.50. The number of sulfonamides is 1. The van der Waals surface area contributed by atoms with Crippen LogP contribution < -0.4 is 4.74 Å². The number of nitrogens with zero attached hydrogens (tertiary/aromatic N) is 1. The van der Waals surface area contributed by atoms with Crippen molar-refractivity contribution in [2.45, 2.75) is 31.3 Å². The van der Waals surface area contributed by atoms with Crippen molar-refractivity contribution in [1.29, 1.82) is 0 Å². The molecule has 0 heterocycles. The maximum atomic E-state index is 12.2. The molecule has 0 saturated carbocycles. The molecule has 0 aliphatic carbocycles. The van der Waals surface area contributed by atoms with E-state index in [0.29, 0.717) is 11.3 Å². The van der Waals surface area contributed by atoms with E-state index in [9.17, 15) is 8.42 Å². The number of halogens is 2. The zero-order valence-electron chi connectivity index (χ0n) is 12.3. The SMILES string of the molecule is CCC(C)Oc1ccc(S(=O)(=O)N(C)C)cc1[CH]=[Ru]([Cl])[Cl]. The van der Waals surface area contributed by atoms with Crippen LogP contribution in [0.3, 0.4) is 0 Å². The van der Waals surface area contributed by atoms with Gasteiger partial charge in [0, 0.05) is 0 Å². The van der Waals surface area contributed by atoms with Crippen molar-refractivity contribution in [2.75, 3.05) is 14.1 Å². The van der Waals surface area contributed by atoms with Crippen LogP contribution in [-0.4, -0.2) is 37.5 Å². The number of hydrogen-bond donors (Lipinski definition) is 0. The van der Waals surface area contributed by atoms with Crippen LogP contribution in [0, 0.1) is 0 Å². The van der Waals surface area contributed by atoms with E-state index in [4.69, 9.17) is 24.1 Å². The molecule has 21 heavy (non-hydrogen) atoms. The molecule has 0 amide bonds. The van der Waals surface area contributed by atoms with Crippen LogP contribution in [0.15, 0.2) is 23.1 Å². The summed E-state index contributed by atoms with van der Waals surface area (Å²) in [4.78, 5) is 0.194. The zero-order chi connectivity index (χ0) is 16.2. The average molecular weight is 441 g/mol. The topological polar surface area (TPSA) is 46.6 Å². The summed E-state index contributed by atoms with van der Waals surface area (Å²) < 4.78 is 33.0. The molecule has 1 rings (SSSR count). The third-order valence-electron chi connectivity index (χ3n) is 2.85. The molecular weight excluding hydrogens is 422 g/mol. The van der Waals surface area contributed by atoms with Crippen molar-refractivity contribution in [3.05, 3.63) is 23.8 Å². The molecule has 0 aromatic heterocycles. The van der Waals surface area contributed by atoms with Gasteiger partial charge in [0.1, 0.15) is 0 Å². The molecule has 0 aliphatic heterocycles. The fraction of sp³-hybridized carbons (Fsp3) is 0.462. The molecule has 0 N–H and O–H groups in total. The van der Waals surface area contributed by atoms with E-state index in [1.807, 2.05) is 13.8 Å². The standard InChI is InChI=1S/C13H19NO3S.2ClH.Ru/c1-6-11(3)17-13-8-7-12(9-10(13)2)18(15,16)14(4)5;;;/h2,7-9,11H,6H2,1,3-5H3;2*1H;/q;;;+2/p-2. The summed E-state index contributed by atoms with van der Waals surface area (Å²) >= 11 is -2.09. The Bertz CT molecular complexity index is 628. The van der Waals surface area contributed by atoms with Crippen LogP contribution in [0.5, 0.6) is 5.75 Å². The summed E-state index contributed by atoms with van der Waals surface area (Å²) in [6, 6.07) is 4.74. The summed E-state index contributed by atoms with van der Waals surface area (Å²) in [5.74, 6) is 0.599. The van der Waals surface area contributed by atoms with Crippen LogP contribution in [0.25, 0.3) is 0 Å². The summed E-state index contributed by atoms with van der Waals surface area (Å²) in [6.07, 6.45) is 0.875. The summed E-state index contributed by atoms with van der Waals surface area (Å²) in [5.41, 5.74) is 0.627. The van der Waals surface area contributed by atoms with Crippen molar-refractivity contribution in [2.24, 2.45) is 0 Å². The van der Waals surface area contributed by atoms with Gasteiger partial charge in [-0.3, -0.25) is 0 Å². The number of ether oxygens (including phenoxy) is 1. The van der Waals surface area contributed by atoms with Gasteiger partial charge in [0.25, 0.3) is 0 Å². The Hall–Kier alpha value is 0.00338. The fourth-order valence-electron chi connectivity index (χ4n) is 1.47. The second-order valence-electron chi connectivity index (χ2n) is 4.63. The van der Waals surface area contributed by atoms with E-state index in [0.717, 1.165) is 10.7 Å². The van der Waals surface area contributed by atoms with Crippen molar-refractivity contribution in [3.8, 4) is 5.75 Å². The third kappa shape index (κ3) is 5.29. The van der Waals surface area contributed by atoms with Crippen molar-refractivity contribution in [1.82, 2.24) is 4.31 Å². The molecule has 0 spiro atoms. The third-order valence-corrected chi connectivity index (χ3v) is 6.49. The van der Waals surface area contributed by atoms with Crippen molar-refractivity contribution in [3.63, 3.8) is 0 Å². The Morgan fingerprint density at radius 2 is 2.00 bits per heavy atom. The van der Waals surface area contributed by atoms with Gasteiger partial charge in [-0.25, -0.2) is 0 Å². The molecule has 1 atom stereocenters. The summed E-state index contributed by atoms with van der Waals surface area (Å²) in [5, 5.41) is 0. The van der Waals surface area contributed by atoms with Gasteiger partial charge in [0.05, 0.1) is 0 Å². The quantitative estimate of drug-likeness (QED) is 0.638. The molecule has 0 bridgehead atoms. The predicted octanol–water partition coefficient (Wildman–Crippen LogP) is 3.19. The molecule has 0 saturated heterocycles. The van der Waals surface area contributed by atoms with E-state index in [-0.39, 0.29) is 11.0 Å². The maximum absolute atomic E-state index is 12.2. The van der Waals surface area contributed by atoms with Gasteiger partial charge >= 0.3 is 140 Å². The van der Waals surface area contributed by atoms with Crippen molar-refractivity contribution >= 4 is 34.0 Å². The van der Waals surface area contributed by atoms with E-state index in [1.165, 1.54) is 20.2 Å². The van der Waals surface area contributed by atoms with Crippen LogP contribution in [0.2, 0.25) is 0 Å². The summed E-state index contributed by atoms with van der Waals surface area (Å²) in [7, 11) is 11.3. The molecule has 4 nitrogen and oxygen atoms in total. The Labute approximate surface area is 139 Å². The van der Waals surface area contributed by atoms with Gasteiger partial charge in [-0.15, -0.1) is 0 Å². The Kier molecular flexibility index (Phi) is 7.28. The van der Waals surface area contributed by atoms with E-state index >= 15 is 0 Å². The zero-order valence-corrected chi connectivity index (χ0v) is 16.3. The minimum absolute atomic E-state index is 0.0276. The van der Waals surface area contributed by atoms with Crippen LogP contribution in [0.4, 0.5) is 0 Å². The molecule has 1 aromatic rings. The fourth-order valence-corrected chi connectivity index (χ4v) is 4.19. The Balaban J connectivity index is 3.35. The first kappa shape index (κ1) is 19.1. The monoisotopic (exact) mass is 441 g/mol. The van der Waals surface area contributed by atoms with Crippen LogP contribution >= 0.6 is 19.4 Å². The van der Waals surface area contributed by atoms with Gasteiger partial charge in [-0.05, 0) is 0 Å². The predicted molar refractivity (Wildman–Crippen MR) is 84.6 cm³/mol. The molecule has 0 fully saturated rings. The first-order valence-electron chi connectivity index (χ1n) is 6.25. The second-order valence-corrected chi connectivity index (χ2v) is 12.5. The normalized spacial score (nSPS) is 14.0. The molecule has 1 aromatic carbocycles. The van der Waals surface area contributed by atoms with Gasteiger partial charge in [0.2, 0.25) is 0 Å². The van der Waals surface area contributed by atoms with Crippen LogP contribution in [0.1, 0.15) is 25.8 Å². The Morgan fingerprint density at radius 1 is 1.38 bits per heavy atom. The molecule has 122 valence electrons. The van der Waals surface area contributed by atoms with Crippen molar-refractivity contribution < 1.29 is 26.7 Å². The van der Waals surface area contributed by atoms with E-state index in [2.05, 4.69) is 0 Å².